The first kappa shape index (κ1) is 54.4. The van der Waals surface area contributed by atoms with Crippen molar-refractivity contribution in [2.24, 2.45) is 28.6 Å². The van der Waals surface area contributed by atoms with Crippen LogP contribution in [0.15, 0.2) is 23.5 Å². The lowest BCUT2D eigenvalue weighted by Gasteiger charge is -2.62. The summed E-state index contributed by atoms with van der Waals surface area (Å²) < 4.78 is 78.5. The molecule has 7 rings (SSSR count). The molecule has 23 atom stereocenters. The largest absolute Gasteiger partial charge is 0.466 e. The molecule has 0 spiro atoms. The highest BCUT2D eigenvalue weighted by molar-refractivity contribution is 5.87. The van der Waals surface area contributed by atoms with Gasteiger partial charge in [-0.25, -0.2) is 4.79 Å². The Balaban J connectivity index is 1.10. The lowest BCUT2D eigenvalue weighted by Crippen LogP contribution is -2.65. The van der Waals surface area contributed by atoms with Crippen LogP contribution in [0.1, 0.15) is 87.5 Å². The molecule has 4 aliphatic heterocycles. The number of hydrogen-bond donors (Lipinski definition) is 5. The highest BCUT2D eigenvalue weighted by Crippen LogP contribution is 2.65. The van der Waals surface area contributed by atoms with Gasteiger partial charge in [0.2, 0.25) is 12.1 Å². The molecule has 5 N–H and O–H groups in total. The zero-order valence-corrected chi connectivity index (χ0v) is 41.6. The summed E-state index contributed by atoms with van der Waals surface area (Å²) in [5.41, 5.74) is -1.10. The lowest BCUT2D eigenvalue weighted by molar-refractivity contribution is -0.370. The van der Waals surface area contributed by atoms with Crippen molar-refractivity contribution < 1.29 is 106 Å². The van der Waals surface area contributed by atoms with Gasteiger partial charge in [0.05, 0.1) is 24.9 Å². The van der Waals surface area contributed by atoms with Gasteiger partial charge in [0.1, 0.15) is 66.8 Å². The van der Waals surface area contributed by atoms with Gasteiger partial charge >= 0.3 is 23.9 Å². The molecule has 4 heterocycles. The molecule has 70 heavy (non-hydrogen) atoms. The van der Waals surface area contributed by atoms with E-state index in [-0.39, 0.29) is 24.5 Å². The Hall–Kier alpha value is -3.36. The van der Waals surface area contributed by atoms with E-state index in [2.05, 4.69) is 6.92 Å². The van der Waals surface area contributed by atoms with Gasteiger partial charge in [-0.3, -0.25) is 14.4 Å². The zero-order valence-electron chi connectivity index (χ0n) is 41.6. The summed E-state index contributed by atoms with van der Waals surface area (Å²) in [6.45, 7) is 12.2. The van der Waals surface area contributed by atoms with Gasteiger partial charge in [0.15, 0.2) is 18.7 Å². The van der Waals surface area contributed by atoms with Crippen molar-refractivity contribution in [2.75, 3.05) is 27.9 Å². The van der Waals surface area contributed by atoms with Crippen LogP contribution in [-0.4, -0.2) is 187 Å². The Kier molecular flexibility index (Phi) is 16.5. The number of hydrogen-bond acceptors (Lipinski definition) is 22. The number of carbonyl (C=O) groups excluding carboxylic acids is 4. The minimum absolute atomic E-state index is 0.0929. The van der Waals surface area contributed by atoms with Gasteiger partial charge < -0.3 is 87.1 Å². The number of aliphatic hydroxyl groups is 5. The van der Waals surface area contributed by atoms with E-state index < -0.39 is 163 Å². The average molecular weight is 1000 g/mol. The molecule has 22 nitrogen and oxygen atoms in total. The van der Waals surface area contributed by atoms with Crippen molar-refractivity contribution >= 4 is 23.9 Å². The lowest BCUT2D eigenvalue weighted by atomic mass is 9.45. The highest BCUT2D eigenvalue weighted by atomic mass is 16.8. The molecule has 0 aromatic carbocycles. The van der Waals surface area contributed by atoms with Crippen molar-refractivity contribution in [2.45, 2.75) is 198 Å². The van der Waals surface area contributed by atoms with Crippen LogP contribution in [0.25, 0.3) is 0 Å². The first-order chi connectivity index (χ1) is 32.9. The predicted octanol–water partition coefficient (Wildman–Crippen LogP) is 0.831. The third kappa shape index (κ3) is 10.1. The van der Waals surface area contributed by atoms with Crippen LogP contribution < -0.4 is 0 Å². The second kappa shape index (κ2) is 21.2. The van der Waals surface area contributed by atoms with Gasteiger partial charge in [0.25, 0.3) is 0 Å². The Bertz CT molecular complexity index is 1980. The van der Waals surface area contributed by atoms with Gasteiger partial charge in [-0.2, -0.15) is 0 Å². The molecule has 0 unspecified atom stereocenters. The molecule has 0 bridgehead atoms. The highest BCUT2D eigenvalue weighted by Gasteiger charge is 2.66. The number of ether oxygens (including phenoxy) is 13. The van der Waals surface area contributed by atoms with Crippen LogP contribution in [0.2, 0.25) is 0 Å². The zero-order chi connectivity index (χ0) is 51.4. The van der Waals surface area contributed by atoms with E-state index in [0.717, 1.165) is 0 Å². The number of methoxy groups -OCH3 is 3. The maximum Gasteiger partial charge on any atom is 0.333 e. The molecular weight excluding hydrogens is 929 g/mol. The second-order valence-corrected chi connectivity index (χ2v) is 20.3. The summed E-state index contributed by atoms with van der Waals surface area (Å²) >= 11 is 0. The summed E-state index contributed by atoms with van der Waals surface area (Å²) in [7, 11) is 4.26. The number of carbonyl (C=O) groups is 4. The molecule has 0 aromatic rings. The number of cyclic esters (lactones) is 1. The molecule has 0 radical (unpaired) electrons. The summed E-state index contributed by atoms with van der Waals surface area (Å²) in [6.07, 6.45) is -14.6. The van der Waals surface area contributed by atoms with Crippen LogP contribution in [0.4, 0.5) is 0 Å². The number of aliphatic hydroxyl groups excluding tert-OH is 5. The number of rotatable bonds is 14. The number of fused-ring (bicyclic) bond motifs is 3. The van der Waals surface area contributed by atoms with E-state index in [0.29, 0.717) is 24.8 Å². The molecule has 7 aliphatic rings. The first-order valence-corrected chi connectivity index (χ1v) is 24.0. The summed E-state index contributed by atoms with van der Waals surface area (Å²) in [5, 5.41) is 52.4. The Morgan fingerprint density at radius 2 is 1.40 bits per heavy atom. The molecule has 3 aliphatic carbocycles. The van der Waals surface area contributed by atoms with E-state index in [1.54, 1.807) is 20.8 Å². The SMILES string of the molecule is CO[C@H]1[C@@H](O)[C@H](O[C@@H]2[C@H](C)O[C@@H](OC3=CC[C@@]4(C)[C@@H]([C@@H](OC(C)=O)C[C@H]5[C@@H](OC(C)=O)[C@@](C)(C6=CC(=O)O[C@]6(C)OC)CC[C@@H]54)[C@H]3OC(C)=O)C[C@@H]2OC)O[C@@H](C)[C@H]1O[C@@H]1O[C@H](CO)[C@@H](O)[C@H](O)[C@H]1O. The summed E-state index contributed by atoms with van der Waals surface area (Å²) in [6, 6.07) is 0. The van der Waals surface area contributed by atoms with Crippen molar-refractivity contribution in [1.29, 1.82) is 0 Å². The Morgan fingerprint density at radius 1 is 0.757 bits per heavy atom. The van der Waals surface area contributed by atoms with Gasteiger partial charge in [-0.05, 0) is 56.9 Å². The summed E-state index contributed by atoms with van der Waals surface area (Å²) in [5.74, 6) is -4.58. The van der Waals surface area contributed by atoms with Gasteiger partial charge in [-0.15, -0.1) is 0 Å². The van der Waals surface area contributed by atoms with E-state index in [9.17, 15) is 44.7 Å². The van der Waals surface area contributed by atoms with Crippen molar-refractivity contribution in [3.05, 3.63) is 23.5 Å². The molecule has 22 heteroatoms. The second-order valence-electron chi connectivity index (χ2n) is 20.3. The van der Waals surface area contributed by atoms with E-state index in [4.69, 9.17) is 61.6 Å². The van der Waals surface area contributed by atoms with Crippen LogP contribution in [-0.2, 0) is 80.8 Å². The molecule has 0 amide bonds. The number of esters is 4. The normalized spacial score (nSPS) is 47.1. The predicted molar refractivity (Wildman–Crippen MR) is 235 cm³/mol. The smallest absolute Gasteiger partial charge is 0.333 e. The van der Waals surface area contributed by atoms with E-state index in [1.807, 2.05) is 13.0 Å². The first-order valence-electron chi connectivity index (χ1n) is 24.0. The topological polar surface area (TPSA) is 289 Å². The third-order valence-corrected chi connectivity index (χ3v) is 16.0. The van der Waals surface area contributed by atoms with E-state index >= 15 is 0 Å². The third-order valence-electron chi connectivity index (χ3n) is 16.0. The molecule has 5 fully saturated rings. The maximum absolute atomic E-state index is 13.0. The average Bonchev–Trinajstić information content (AvgIpc) is 3.61. The molecule has 396 valence electrons. The van der Waals surface area contributed by atoms with E-state index in [1.165, 1.54) is 48.2 Å². The van der Waals surface area contributed by atoms with Gasteiger partial charge in [0, 0.05) is 84.3 Å². The van der Waals surface area contributed by atoms with Crippen LogP contribution >= 0.6 is 0 Å². The minimum atomic E-state index is -1.70. The molecular formula is C48H72O22. The van der Waals surface area contributed by atoms with Gasteiger partial charge in [-0.1, -0.05) is 13.8 Å². The number of allylic oxidation sites excluding steroid dienone is 1. The minimum Gasteiger partial charge on any atom is -0.466 e. The molecule has 2 saturated carbocycles. The van der Waals surface area contributed by atoms with Crippen LogP contribution in [0, 0.1) is 28.6 Å². The standard InChI is InChI=1S/C48H72O22/c1-20-39(68-45-38(57)42(59-10)40(21(2)62-45)69-44-37(56)36(55)35(54)30(19-49)67-44)29(58-9)17-33(61-20)66-27-13-15-46(6)26-12-14-47(7,31-18-32(53)70-48(31,8)60-11)43(65-24(5)52)25(26)16-28(63-22(3)50)34(46)41(27)64-23(4)51/h13,18,20-21,25-26,28-30,33-45,49,54-57H,12,14-17,19H2,1-11H3/t20-,21-,25+,26-,28-,29-,30+,33-,34-,35+,36-,37+,38+,39+,40+,41-,42-,43+,44-,45-,46+,47+,48-/m0/s1. The fourth-order valence-electron chi connectivity index (χ4n) is 12.6. The fraction of sp³-hybridized carbons (Fsp3) is 0.833. The maximum atomic E-state index is 13.0. The fourth-order valence-corrected chi connectivity index (χ4v) is 12.6. The summed E-state index contributed by atoms with van der Waals surface area (Å²) in [4.78, 5) is 51.7. The van der Waals surface area contributed by atoms with Crippen molar-refractivity contribution in [1.82, 2.24) is 0 Å². The van der Waals surface area contributed by atoms with Crippen molar-refractivity contribution in [3.8, 4) is 0 Å². The van der Waals surface area contributed by atoms with Crippen LogP contribution in [0.5, 0.6) is 0 Å². The Morgan fingerprint density at radius 3 is 2.01 bits per heavy atom. The van der Waals surface area contributed by atoms with Crippen molar-refractivity contribution in [3.63, 3.8) is 0 Å². The molecule has 3 saturated heterocycles. The Labute approximate surface area is 407 Å². The molecule has 0 aromatic heterocycles. The van der Waals surface area contributed by atoms with Crippen LogP contribution in [0.3, 0.4) is 0 Å². The quantitative estimate of drug-likeness (QED) is 0.119. The monoisotopic (exact) mass is 1000 g/mol.